The lowest BCUT2D eigenvalue weighted by molar-refractivity contribution is 0.0962. The lowest BCUT2D eigenvalue weighted by Crippen LogP contribution is -2.21. The standard InChI is InChI=1S/C24H19F2N3O2/c1-13-23(14-3-5-19(31-2)6-4-14)24-27-21-9-16(15-7-17(25)11-18(26)8-15)10-22(30)20(21)12-29(24)28-13/h3-8,11-12,16H,9-10H2,1-2H3. The molecule has 0 spiro atoms. The van der Waals surface area contributed by atoms with Crippen molar-refractivity contribution in [2.75, 3.05) is 7.11 Å². The summed E-state index contributed by atoms with van der Waals surface area (Å²) in [7, 11) is 1.61. The third-order valence-corrected chi connectivity index (χ3v) is 5.77. The third kappa shape index (κ3) is 3.36. The Morgan fingerprint density at radius 3 is 2.45 bits per heavy atom. The van der Waals surface area contributed by atoms with Gasteiger partial charge in [0.25, 0.3) is 0 Å². The van der Waals surface area contributed by atoms with E-state index < -0.39 is 11.6 Å². The molecule has 0 radical (unpaired) electrons. The van der Waals surface area contributed by atoms with E-state index in [1.165, 1.54) is 12.1 Å². The minimum atomic E-state index is -0.648. The van der Waals surface area contributed by atoms with Crippen LogP contribution in [0.1, 0.15) is 39.6 Å². The molecule has 2 aromatic heterocycles. The fraction of sp³-hybridized carbons (Fsp3) is 0.208. The van der Waals surface area contributed by atoms with E-state index in [9.17, 15) is 13.6 Å². The number of methoxy groups -OCH3 is 1. The molecule has 4 aromatic rings. The summed E-state index contributed by atoms with van der Waals surface area (Å²) in [5, 5.41) is 4.55. The van der Waals surface area contributed by atoms with E-state index in [0.29, 0.717) is 28.9 Å². The van der Waals surface area contributed by atoms with Gasteiger partial charge < -0.3 is 4.74 Å². The van der Waals surface area contributed by atoms with Crippen LogP contribution in [0.25, 0.3) is 16.8 Å². The van der Waals surface area contributed by atoms with Crippen LogP contribution in [0.15, 0.2) is 48.7 Å². The summed E-state index contributed by atoms with van der Waals surface area (Å²) in [6.45, 7) is 1.90. The number of halogens is 2. The van der Waals surface area contributed by atoms with Gasteiger partial charge in [-0.2, -0.15) is 5.10 Å². The highest BCUT2D eigenvalue weighted by atomic mass is 19.1. The number of aromatic nitrogens is 3. The second kappa shape index (κ2) is 7.27. The maximum absolute atomic E-state index is 13.7. The number of ketones is 1. The number of benzene rings is 2. The molecule has 1 aliphatic rings. The predicted octanol–water partition coefficient (Wildman–Crippen LogP) is 4.90. The average molecular weight is 419 g/mol. The Hall–Kier alpha value is -3.61. The van der Waals surface area contributed by atoms with Crippen molar-refractivity contribution in [2.24, 2.45) is 0 Å². The van der Waals surface area contributed by atoms with Crippen molar-refractivity contribution in [3.63, 3.8) is 0 Å². The van der Waals surface area contributed by atoms with Gasteiger partial charge in [-0.05, 0) is 54.7 Å². The second-order valence-corrected chi connectivity index (χ2v) is 7.79. The largest absolute Gasteiger partial charge is 0.497 e. The molecule has 0 bridgehead atoms. The van der Waals surface area contributed by atoms with Gasteiger partial charge in [0.1, 0.15) is 17.4 Å². The number of carbonyl (C=O) groups is 1. The zero-order chi connectivity index (χ0) is 21.7. The molecule has 0 saturated heterocycles. The van der Waals surface area contributed by atoms with Gasteiger partial charge in [-0.3, -0.25) is 4.79 Å². The molecule has 0 amide bonds. The number of nitrogens with zero attached hydrogens (tertiary/aromatic N) is 3. The molecule has 1 aliphatic carbocycles. The van der Waals surface area contributed by atoms with E-state index in [1.807, 2.05) is 31.2 Å². The number of ether oxygens (including phenoxy) is 1. The number of rotatable bonds is 3. The van der Waals surface area contributed by atoms with Crippen LogP contribution in [0.4, 0.5) is 8.78 Å². The Morgan fingerprint density at radius 1 is 1.06 bits per heavy atom. The summed E-state index contributed by atoms with van der Waals surface area (Å²) < 4.78 is 34.3. The van der Waals surface area contributed by atoms with Crippen molar-refractivity contribution in [1.29, 1.82) is 0 Å². The summed E-state index contributed by atoms with van der Waals surface area (Å²) in [6, 6.07) is 11.0. The Kier molecular flexibility index (Phi) is 4.54. The molecule has 5 rings (SSSR count). The summed E-state index contributed by atoms with van der Waals surface area (Å²) in [5.41, 5.74) is 4.83. The van der Waals surface area contributed by atoms with Gasteiger partial charge in [0.15, 0.2) is 11.4 Å². The zero-order valence-electron chi connectivity index (χ0n) is 17.0. The van der Waals surface area contributed by atoms with Crippen LogP contribution in [0.3, 0.4) is 0 Å². The molecule has 0 fully saturated rings. The van der Waals surface area contributed by atoms with Crippen molar-refractivity contribution in [3.8, 4) is 16.9 Å². The maximum Gasteiger partial charge on any atom is 0.166 e. The average Bonchev–Trinajstić information content (AvgIpc) is 3.06. The smallest absolute Gasteiger partial charge is 0.166 e. The first-order chi connectivity index (χ1) is 14.9. The quantitative estimate of drug-likeness (QED) is 0.474. The van der Waals surface area contributed by atoms with E-state index in [1.54, 1.807) is 17.8 Å². The molecule has 0 N–H and O–H groups in total. The molecule has 156 valence electrons. The summed E-state index contributed by atoms with van der Waals surface area (Å²) in [4.78, 5) is 17.6. The first-order valence-electron chi connectivity index (χ1n) is 9.95. The topological polar surface area (TPSA) is 56.5 Å². The minimum Gasteiger partial charge on any atom is -0.497 e. The summed E-state index contributed by atoms with van der Waals surface area (Å²) in [6.07, 6.45) is 2.31. The molecule has 31 heavy (non-hydrogen) atoms. The van der Waals surface area contributed by atoms with Crippen LogP contribution in [-0.4, -0.2) is 27.5 Å². The Morgan fingerprint density at radius 2 is 1.77 bits per heavy atom. The number of Topliss-reactive ketones (excluding diaryl/α,β-unsaturated/α-hetero) is 1. The van der Waals surface area contributed by atoms with Crippen molar-refractivity contribution < 1.29 is 18.3 Å². The van der Waals surface area contributed by atoms with Crippen molar-refractivity contribution in [1.82, 2.24) is 14.6 Å². The lowest BCUT2D eigenvalue weighted by Gasteiger charge is -2.23. The van der Waals surface area contributed by atoms with Gasteiger partial charge >= 0.3 is 0 Å². The van der Waals surface area contributed by atoms with E-state index in [4.69, 9.17) is 9.72 Å². The number of hydrogen-bond acceptors (Lipinski definition) is 4. The van der Waals surface area contributed by atoms with Crippen LogP contribution in [0, 0.1) is 18.6 Å². The first-order valence-corrected chi connectivity index (χ1v) is 9.95. The molecule has 5 nitrogen and oxygen atoms in total. The van der Waals surface area contributed by atoms with E-state index >= 15 is 0 Å². The fourth-order valence-corrected chi connectivity index (χ4v) is 4.29. The molecule has 0 aliphatic heterocycles. The molecule has 0 saturated carbocycles. The number of carbonyl (C=O) groups excluding carboxylic acids is 1. The lowest BCUT2D eigenvalue weighted by atomic mass is 9.82. The number of fused-ring (bicyclic) bond motifs is 2. The zero-order valence-corrected chi connectivity index (χ0v) is 17.0. The van der Waals surface area contributed by atoms with Crippen molar-refractivity contribution in [2.45, 2.75) is 25.7 Å². The molecular weight excluding hydrogens is 400 g/mol. The van der Waals surface area contributed by atoms with Crippen molar-refractivity contribution in [3.05, 3.63) is 82.8 Å². The van der Waals surface area contributed by atoms with Gasteiger partial charge in [-0.1, -0.05) is 12.1 Å². The Bertz CT molecular complexity index is 1310. The summed E-state index contributed by atoms with van der Waals surface area (Å²) in [5.74, 6) is -0.980. The van der Waals surface area contributed by atoms with E-state index in [0.717, 1.165) is 28.6 Å². The van der Waals surface area contributed by atoms with Gasteiger partial charge in [0, 0.05) is 24.2 Å². The molecule has 1 unspecified atom stereocenters. The number of aryl methyl sites for hydroxylation is 1. The van der Waals surface area contributed by atoms with Crippen LogP contribution in [-0.2, 0) is 6.42 Å². The fourth-order valence-electron chi connectivity index (χ4n) is 4.29. The molecule has 7 heteroatoms. The minimum absolute atomic E-state index is 0.107. The maximum atomic E-state index is 13.7. The normalized spacial score (nSPS) is 15.9. The third-order valence-electron chi connectivity index (χ3n) is 5.77. The monoisotopic (exact) mass is 419 g/mol. The molecule has 2 heterocycles. The highest BCUT2D eigenvalue weighted by Gasteiger charge is 2.29. The Labute approximate surface area is 177 Å². The highest BCUT2D eigenvalue weighted by molar-refractivity contribution is 5.99. The summed E-state index contributed by atoms with van der Waals surface area (Å²) >= 11 is 0. The highest BCUT2D eigenvalue weighted by Crippen LogP contribution is 2.35. The van der Waals surface area contributed by atoms with Gasteiger partial charge in [-0.25, -0.2) is 18.3 Å². The molecular formula is C24H19F2N3O2. The van der Waals surface area contributed by atoms with Gasteiger partial charge in [-0.15, -0.1) is 0 Å². The molecule has 2 aromatic carbocycles. The van der Waals surface area contributed by atoms with Crippen LogP contribution < -0.4 is 4.74 Å². The predicted molar refractivity (Wildman–Crippen MR) is 111 cm³/mol. The van der Waals surface area contributed by atoms with Crippen LogP contribution in [0.5, 0.6) is 5.75 Å². The van der Waals surface area contributed by atoms with E-state index in [2.05, 4.69) is 5.10 Å². The Balaban J connectivity index is 1.61. The van der Waals surface area contributed by atoms with Crippen LogP contribution in [0.2, 0.25) is 0 Å². The SMILES string of the molecule is COc1ccc(-c2c(C)nn3cc4c(nc23)CC(c2cc(F)cc(F)c2)CC4=O)cc1. The first kappa shape index (κ1) is 19.4. The molecule has 1 atom stereocenters. The van der Waals surface area contributed by atoms with Crippen molar-refractivity contribution >= 4 is 11.4 Å². The van der Waals surface area contributed by atoms with Gasteiger partial charge in [0.2, 0.25) is 0 Å². The van der Waals surface area contributed by atoms with Gasteiger partial charge in [0.05, 0.1) is 24.1 Å². The second-order valence-electron chi connectivity index (χ2n) is 7.79. The van der Waals surface area contributed by atoms with E-state index in [-0.39, 0.29) is 18.1 Å². The van der Waals surface area contributed by atoms with Crippen LogP contribution >= 0.6 is 0 Å². The number of hydrogen-bond donors (Lipinski definition) is 0.